The molecule has 0 fully saturated rings. The molecule has 1 aromatic carbocycles. The summed E-state index contributed by atoms with van der Waals surface area (Å²) in [5.74, 6) is 0. The summed E-state index contributed by atoms with van der Waals surface area (Å²) in [6.45, 7) is 6.94. The zero-order valence-corrected chi connectivity index (χ0v) is 13.6. The second-order valence-corrected chi connectivity index (χ2v) is 6.76. The van der Waals surface area contributed by atoms with Crippen molar-refractivity contribution in [3.63, 3.8) is 0 Å². The molecule has 0 unspecified atom stereocenters. The summed E-state index contributed by atoms with van der Waals surface area (Å²) in [7, 11) is -3.56. The molecule has 0 saturated carbocycles. The molecule has 0 aliphatic heterocycles. The van der Waals surface area contributed by atoms with Gasteiger partial charge in [-0.1, -0.05) is 29.8 Å². The molecule has 3 N–H and O–H groups in total. The minimum Gasteiger partial charge on any atom is -0.398 e. The summed E-state index contributed by atoms with van der Waals surface area (Å²) in [5.41, 5.74) is 5.96. The van der Waals surface area contributed by atoms with Gasteiger partial charge >= 0.3 is 0 Å². The lowest BCUT2D eigenvalue weighted by molar-refractivity contribution is 0.309. The first-order valence-corrected chi connectivity index (χ1v) is 8.45. The van der Waals surface area contributed by atoms with Gasteiger partial charge in [0.05, 0.1) is 5.69 Å². The summed E-state index contributed by atoms with van der Waals surface area (Å²) in [6.07, 6.45) is 0. The van der Waals surface area contributed by atoms with Crippen molar-refractivity contribution in [3.05, 3.63) is 22.7 Å². The molecule has 108 valence electrons. The maximum atomic E-state index is 12.1. The third-order valence-corrected chi connectivity index (χ3v) is 4.89. The summed E-state index contributed by atoms with van der Waals surface area (Å²) >= 11 is 3.25. The van der Waals surface area contributed by atoms with E-state index in [1.165, 1.54) is 6.07 Å². The number of anilines is 1. The molecule has 7 heteroatoms. The Balaban J connectivity index is 2.73. The fourth-order valence-corrected chi connectivity index (χ4v) is 3.39. The van der Waals surface area contributed by atoms with E-state index in [-0.39, 0.29) is 10.6 Å². The predicted octanol–water partition coefficient (Wildman–Crippen LogP) is 1.65. The van der Waals surface area contributed by atoms with Crippen LogP contribution in [-0.4, -0.2) is 39.5 Å². The van der Waals surface area contributed by atoms with Gasteiger partial charge in [-0.2, -0.15) is 0 Å². The number of nitrogens with two attached hydrogens (primary N) is 1. The Bertz CT molecular complexity index is 516. The molecule has 1 aromatic rings. The fraction of sp³-hybridized carbons (Fsp3) is 0.500. The summed E-state index contributed by atoms with van der Waals surface area (Å²) in [6, 6.07) is 4.79. The van der Waals surface area contributed by atoms with Crippen molar-refractivity contribution in [1.82, 2.24) is 9.62 Å². The number of nitrogens with one attached hydrogen (secondary N) is 1. The van der Waals surface area contributed by atoms with Crippen LogP contribution in [0, 0.1) is 0 Å². The number of nitrogen functional groups attached to an aromatic ring is 1. The second kappa shape index (κ2) is 7.23. The highest BCUT2D eigenvalue weighted by Crippen LogP contribution is 2.22. The fourth-order valence-electron chi connectivity index (χ4n) is 1.70. The van der Waals surface area contributed by atoms with Crippen LogP contribution in [0.4, 0.5) is 5.69 Å². The molecule has 0 amide bonds. The van der Waals surface area contributed by atoms with Crippen LogP contribution in [0.15, 0.2) is 27.6 Å². The second-order valence-electron chi connectivity index (χ2n) is 4.11. The van der Waals surface area contributed by atoms with Gasteiger partial charge in [-0.3, -0.25) is 0 Å². The summed E-state index contributed by atoms with van der Waals surface area (Å²) < 4.78 is 27.5. The third kappa shape index (κ3) is 4.76. The smallest absolute Gasteiger partial charge is 0.242 e. The maximum absolute atomic E-state index is 12.1. The Hall–Kier alpha value is -0.630. The Labute approximate surface area is 123 Å². The monoisotopic (exact) mass is 349 g/mol. The predicted molar refractivity (Wildman–Crippen MR) is 81.5 cm³/mol. The Morgan fingerprint density at radius 3 is 2.53 bits per heavy atom. The molecule has 0 saturated heterocycles. The number of nitrogens with zero attached hydrogens (tertiary/aromatic N) is 1. The van der Waals surface area contributed by atoms with Crippen molar-refractivity contribution in [3.8, 4) is 0 Å². The van der Waals surface area contributed by atoms with Crippen molar-refractivity contribution in [2.24, 2.45) is 0 Å². The highest BCUT2D eigenvalue weighted by Gasteiger charge is 2.17. The van der Waals surface area contributed by atoms with E-state index < -0.39 is 10.0 Å². The van der Waals surface area contributed by atoms with Crippen molar-refractivity contribution in [2.45, 2.75) is 18.7 Å². The van der Waals surface area contributed by atoms with Crippen LogP contribution in [0.5, 0.6) is 0 Å². The Morgan fingerprint density at radius 2 is 1.95 bits per heavy atom. The van der Waals surface area contributed by atoms with E-state index >= 15 is 0 Å². The van der Waals surface area contributed by atoms with Gasteiger partial charge in [0.15, 0.2) is 0 Å². The molecule has 0 heterocycles. The van der Waals surface area contributed by atoms with Crippen LogP contribution in [-0.2, 0) is 10.0 Å². The van der Waals surface area contributed by atoms with Crippen LogP contribution in [0.3, 0.4) is 0 Å². The molecule has 0 bridgehead atoms. The summed E-state index contributed by atoms with van der Waals surface area (Å²) in [5, 5.41) is 0. The van der Waals surface area contributed by atoms with Gasteiger partial charge in [-0.25, -0.2) is 13.1 Å². The standard InChI is InChI=1S/C12H20BrN3O2S/c1-3-16(4-2)8-7-15-19(17,18)12-9-10(13)5-6-11(12)14/h5-6,9,15H,3-4,7-8,14H2,1-2H3. The number of rotatable bonds is 7. The first-order chi connectivity index (χ1) is 8.90. The molecule has 0 aliphatic rings. The number of likely N-dealkylation sites (N-methyl/N-ethyl adjacent to an activating group) is 1. The lowest BCUT2D eigenvalue weighted by Gasteiger charge is -2.18. The molecule has 0 radical (unpaired) electrons. The SMILES string of the molecule is CCN(CC)CCNS(=O)(=O)c1cc(Br)ccc1N. The molecule has 0 aromatic heterocycles. The van der Waals surface area contributed by atoms with E-state index in [1.54, 1.807) is 12.1 Å². The first kappa shape index (κ1) is 16.4. The van der Waals surface area contributed by atoms with Gasteiger partial charge < -0.3 is 10.6 Å². The van der Waals surface area contributed by atoms with Gasteiger partial charge in [-0.15, -0.1) is 0 Å². The van der Waals surface area contributed by atoms with Gasteiger partial charge in [0, 0.05) is 17.6 Å². The van der Waals surface area contributed by atoms with Crippen LogP contribution >= 0.6 is 15.9 Å². The highest BCUT2D eigenvalue weighted by molar-refractivity contribution is 9.10. The Kier molecular flexibility index (Phi) is 6.25. The van der Waals surface area contributed by atoms with E-state index in [2.05, 4.69) is 25.6 Å². The maximum Gasteiger partial charge on any atom is 0.242 e. The zero-order chi connectivity index (χ0) is 14.5. The molecule has 0 spiro atoms. The van der Waals surface area contributed by atoms with Crippen LogP contribution < -0.4 is 10.5 Å². The first-order valence-electron chi connectivity index (χ1n) is 6.17. The van der Waals surface area contributed by atoms with Gasteiger partial charge in [0.25, 0.3) is 0 Å². The van der Waals surface area contributed by atoms with Gasteiger partial charge in [0.2, 0.25) is 10.0 Å². The zero-order valence-electron chi connectivity index (χ0n) is 11.2. The summed E-state index contributed by atoms with van der Waals surface area (Å²) in [4.78, 5) is 2.26. The molecular formula is C12H20BrN3O2S. The average Bonchev–Trinajstić information content (AvgIpc) is 2.37. The van der Waals surface area contributed by atoms with E-state index in [0.29, 0.717) is 17.6 Å². The van der Waals surface area contributed by atoms with Crippen LogP contribution in [0.25, 0.3) is 0 Å². The van der Waals surface area contributed by atoms with Gasteiger partial charge in [0.1, 0.15) is 4.90 Å². The minimum atomic E-state index is -3.56. The Morgan fingerprint density at radius 1 is 1.32 bits per heavy atom. The minimum absolute atomic E-state index is 0.112. The number of benzene rings is 1. The molecule has 0 atom stereocenters. The van der Waals surface area contributed by atoms with Crippen molar-refractivity contribution >= 4 is 31.6 Å². The molecule has 5 nitrogen and oxygen atoms in total. The molecule has 0 aliphatic carbocycles. The average molecular weight is 350 g/mol. The van der Waals surface area contributed by atoms with Crippen molar-refractivity contribution < 1.29 is 8.42 Å². The highest BCUT2D eigenvalue weighted by atomic mass is 79.9. The van der Waals surface area contributed by atoms with E-state index in [1.807, 2.05) is 13.8 Å². The molecule has 1 rings (SSSR count). The lowest BCUT2D eigenvalue weighted by Crippen LogP contribution is -2.35. The van der Waals surface area contributed by atoms with Crippen molar-refractivity contribution in [2.75, 3.05) is 31.9 Å². The molecular weight excluding hydrogens is 330 g/mol. The third-order valence-electron chi connectivity index (χ3n) is 2.88. The van der Waals surface area contributed by atoms with Crippen LogP contribution in [0.2, 0.25) is 0 Å². The number of hydrogen-bond donors (Lipinski definition) is 2. The normalized spacial score (nSPS) is 12.0. The lowest BCUT2D eigenvalue weighted by atomic mass is 10.3. The van der Waals surface area contributed by atoms with E-state index in [4.69, 9.17) is 5.73 Å². The number of halogens is 1. The van der Waals surface area contributed by atoms with E-state index in [0.717, 1.165) is 13.1 Å². The van der Waals surface area contributed by atoms with Crippen LogP contribution in [0.1, 0.15) is 13.8 Å². The molecule has 19 heavy (non-hydrogen) atoms. The number of sulfonamides is 1. The quantitative estimate of drug-likeness (QED) is 0.734. The topological polar surface area (TPSA) is 75.4 Å². The number of hydrogen-bond acceptors (Lipinski definition) is 4. The van der Waals surface area contributed by atoms with Crippen molar-refractivity contribution in [1.29, 1.82) is 0 Å². The largest absolute Gasteiger partial charge is 0.398 e. The van der Waals surface area contributed by atoms with Gasteiger partial charge in [-0.05, 0) is 31.3 Å². The van der Waals surface area contributed by atoms with E-state index in [9.17, 15) is 8.42 Å².